The molecule has 0 saturated heterocycles. The molecule has 0 aliphatic carbocycles. The molecule has 11 nitrogen and oxygen atoms in total. The summed E-state index contributed by atoms with van der Waals surface area (Å²) in [5, 5.41) is 21.6. The SMILES string of the molecule is CCOC(=O)/C(O)=C/c1ncc(Cc2ccc(F)cc2)s1.CN1CC(c2ncc(Cc3ccc(F)cc3)s2)=C(O)C1=O.Cc1ncc(Cc2ccc(F)cc2)s1.O=CC(Br)Cc1ccc(F)cc1.O=CCCc1ccc(F)cc1. The van der Waals surface area contributed by atoms with E-state index in [1.165, 1.54) is 99.2 Å². The number of ether oxygens (including phenoxy) is 1. The summed E-state index contributed by atoms with van der Waals surface area (Å²) in [5.74, 6) is -3.05. The van der Waals surface area contributed by atoms with Gasteiger partial charge >= 0.3 is 5.97 Å². The van der Waals surface area contributed by atoms with E-state index in [-0.39, 0.29) is 52.2 Å². The van der Waals surface area contributed by atoms with Crippen LogP contribution >= 0.6 is 49.9 Å². The summed E-state index contributed by atoms with van der Waals surface area (Å²) < 4.78 is 67.8. The zero-order valence-corrected chi connectivity index (χ0v) is 47.0. The van der Waals surface area contributed by atoms with E-state index in [0.29, 0.717) is 54.2 Å². The van der Waals surface area contributed by atoms with E-state index >= 15 is 0 Å². The zero-order chi connectivity index (χ0) is 57.3. The highest BCUT2D eigenvalue weighted by atomic mass is 79.9. The van der Waals surface area contributed by atoms with Gasteiger partial charge in [0, 0.05) is 72.0 Å². The van der Waals surface area contributed by atoms with Crippen molar-refractivity contribution in [1.29, 1.82) is 0 Å². The van der Waals surface area contributed by atoms with Gasteiger partial charge in [-0.25, -0.2) is 41.7 Å². The fourth-order valence-electron chi connectivity index (χ4n) is 6.91. The van der Waals surface area contributed by atoms with Gasteiger partial charge in [-0.2, -0.15) is 0 Å². The molecule has 4 heterocycles. The third kappa shape index (κ3) is 22.0. The van der Waals surface area contributed by atoms with Gasteiger partial charge in [0.1, 0.15) is 51.7 Å². The predicted molar refractivity (Wildman–Crippen MR) is 303 cm³/mol. The number of alkyl halides is 1. The van der Waals surface area contributed by atoms with E-state index in [9.17, 15) is 51.3 Å². The van der Waals surface area contributed by atoms with E-state index in [1.807, 2.05) is 25.3 Å². The number of carbonyl (C=O) groups excluding carboxylic acids is 4. The number of aliphatic hydroxyl groups excluding tert-OH is 2. The molecule has 5 aromatic carbocycles. The van der Waals surface area contributed by atoms with Crippen molar-refractivity contribution in [2.75, 3.05) is 20.2 Å². The third-order valence-corrected chi connectivity index (χ3v) is 14.3. The number of carbonyl (C=O) groups is 4. The third-order valence-electron chi connectivity index (χ3n) is 10.9. The number of aliphatic hydroxyl groups is 2. The van der Waals surface area contributed by atoms with Crippen LogP contribution in [-0.4, -0.2) is 79.5 Å². The molecule has 0 radical (unpaired) electrons. The minimum atomic E-state index is -0.771. The zero-order valence-electron chi connectivity index (χ0n) is 43.0. The lowest BCUT2D eigenvalue weighted by Gasteiger charge is -2.05. The number of nitrogens with zero attached hydrogens (tertiary/aromatic N) is 4. The Balaban J connectivity index is 0.000000186. The second-order valence-corrected chi connectivity index (χ2v) is 21.9. The normalized spacial score (nSPS) is 12.1. The average Bonchev–Trinajstić information content (AvgIpc) is 4.31. The Morgan fingerprint density at radius 1 is 0.671 bits per heavy atom. The Bertz CT molecular complexity index is 3260. The van der Waals surface area contributed by atoms with Crippen molar-refractivity contribution in [3.05, 3.63) is 238 Å². The van der Waals surface area contributed by atoms with Crippen LogP contribution in [0.25, 0.3) is 11.6 Å². The number of likely N-dealkylation sites (N-methyl/N-ethyl adjacent to an activating group) is 1. The number of amides is 1. The van der Waals surface area contributed by atoms with Crippen molar-refractivity contribution in [3.8, 4) is 0 Å². The highest BCUT2D eigenvalue weighted by Crippen LogP contribution is 2.30. The number of benzene rings is 5. The fourth-order valence-corrected chi connectivity index (χ4v) is 9.99. The molecule has 412 valence electrons. The molecule has 3 aromatic heterocycles. The summed E-state index contributed by atoms with van der Waals surface area (Å²) in [5.41, 5.74) is 5.59. The summed E-state index contributed by atoms with van der Waals surface area (Å²) in [7, 11) is 1.64. The second-order valence-electron chi connectivity index (χ2n) is 17.1. The highest BCUT2D eigenvalue weighted by molar-refractivity contribution is 9.09. The molecule has 0 spiro atoms. The molecule has 1 amide bonds. The van der Waals surface area contributed by atoms with Crippen LogP contribution in [0.5, 0.6) is 0 Å². The van der Waals surface area contributed by atoms with E-state index in [1.54, 1.807) is 86.2 Å². The fraction of sp³-hybridized carbons (Fsp3) is 0.203. The lowest BCUT2D eigenvalue weighted by atomic mass is 10.1. The van der Waals surface area contributed by atoms with Crippen LogP contribution < -0.4 is 0 Å². The topological polar surface area (TPSA) is 160 Å². The number of aryl methyl sites for hydroxylation is 2. The Morgan fingerprint density at radius 2 is 1.10 bits per heavy atom. The first-order chi connectivity index (χ1) is 37.9. The molecule has 1 aliphatic rings. The number of rotatable bonds is 16. The van der Waals surface area contributed by atoms with Crippen LogP contribution in [-0.2, 0) is 56.0 Å². The average molecular weight is 1200 g/mol. The number of halogens is 6. The number of esters is 1. The lowest BCUT2D eigenvalue weighted by molar-refractivity contribution is -0.141. The molecule has 79 heavy (non-hydrogen) atoms. The summed E-state index contributed by atoms with van der Waals surface area (Å²) in [6.07, 6.45) is 12.1. The van der Waals surface area contributed by atoms with Crippen LogP contribution in [0.4, 0.5) is 22.0 Å². The Labute approximate surface area is 474 Å². The van der Waals surface area contributed by atoms with E-state index in [0.717, 1.165) is 61.6 Å². The van der Waals surface area contributed by atoms with Gasteiger partial charge < -0.3 is 29.4 Å². The summed E-state index contributed by atoms with van der Waals surface area (Å²) in [6.45, 7) is 4.22. The van der Waals surface area contributed by atoms with Gasteiger partial charge in [0.15, 0.2) is 5.76 Å². The summed E-state index contributed by atoms with van der Waals surface area (Å²) >= 11 is 7.63. The second kappa shape index (κ2) is 32.4. The maximum atomic E-state index is 12.9. The van der Waals surface area contributed by atoms with Crippen molar-refractivity contribution in [2.45, 2.75) is 57.2 Å². The molecule has 8 aromatic rings. The number of hydrogen-bond acceptors (Lipinski definition) is 13. The number of aromatic nitrogens is 3. The largest absolute Gasteiger partial charge is 0.503 e. The summed E-state index contributed by atoms with van der Waals surface area (Å²) in [4.78, 5) is 60.1. The number of hydrogen-bond donors (Lipinski definition) is 2. The van der Waals surface area contributed by atoms with Gasteiger partial charge in [0.2, 0.25) is 5.76 Å². The Morgan fingerprint density at radius 3 is 1.52 bits per heavy atom. The van der Waals surface area contributed by atoms with Crippen LogP contribution in [0.3, 0.4) is 0 Å². The van der Waals surface area contributed by atoms with Crippen LogP contribution in [0, 0.1) is 36.0 Å². The Kier molecular flexibility index (Phi) is 25.6. The molecule has 2 N–H and O–H groups in total. The lowest BCUT2D eigenvalue weighted by Crippen LogP contribution is -2.21. The molecule has 1 aliphatic heterocycles. The standard InChI is InChI=1S/C15H13FN2O2S.C15H14FNO3S.C11H10FNS.C9H8BrFO.C9H9FO/c1-18-8-12(13(19)15(18)20)14-17-7-11(21-14)6-9-2-4-10(16)5-3-9;1-2-20-15(19)13(18)8-14-17-9-12(21-14)7-10-3-5-11(16)6-4-10;1-8-13-7-11(14-8)6-9-2-4-10(12)5-3-9;10-8(6-12)5-7-1-3-9(11)4-2-7;10-9-5-3-8(4-6-9)2-1-7-11/h2-5,7,19H,6,8H2,1H3;3-6,8-9,18H,2,7H2,1H3;2-5,7H,6H2,1H3;1-4,6,8H,5H2;3-7H,1-2H2/b;13-8-;;;. The Hall–Kier alpha value is -7.52. The van der Waals surface area contributed by atoms with Crippen molar-refractivity contribution in [3.63, 3.8) is 0 Å². The van der Waals surface area contributed by atoms with Gasteiger partial charge in [-0.3, -0.25) is 4.79 Å². The molecular weight excluding hydrogens is 1150 g/mol. The molecular formula is C59H54BrF5N4O7S3. The van der Waals surface area contributed by atoms with Crippen LogP contribution in [0.15, 0.2) is 151 Å². The minimum Gasteiger partial charge on any atom is -0.503 e. The summed E-state index contributed by atoms with van der Waals surface area (Å²) in [6, 6.07) is 31.5. The monoisotopic (exact) mass is 1200 g/mol. The maximum absolute atomic E-state index is 12.9. The number of aldehydes is 2. The first-order valence-electron chi connectivity index (χ1n) is 24.2. The van der Waals surface area contributed by atoms with Gasteiger partial charge in [0.25, 0.3) is 5.91 Å². The quantitative estimate of drug-likeness (QED) is 0.0238. The van der Waals surface area contributed by atoms with Gasteiger partial charge in [-0.05, 0) is 115 Å². The van der Waals surface area contributed by atoms with Crippen molar-refractivity contribution in [2.24, 2.45) is 0 Å². The van der Waals surface area contributed by atoms with Crippen molar-refractivity contribution < 1.29 is 56.1 Å². The molecule has 1 atom stereocenters. The molecule has 0 bridgehead atoms. The van der Waals surface area contributed by atoms with Crippen molar-refractivity contribution in [1.82, 2.24) is 19.9 Å². The van der Waals surface area contributed by atoms with Crippen molar-refractivity contribution >= 4 is 86.0 Å². The first kappa shape index (κ1) is 62.3. The van der Waals surface area contributed by atoms with E-state index in [2.05, 4.69) is 35.6 Å². The van der Waals surface area contributed by atoms with Crippen LogP contribution in [0.1, 0.15) is 70.8 Å². The van der Waals surface area contributed by atoms with E-state index in [4.69, 9.17) is 0 Å². The molecule has 0 fully saturated rings. The minimum absolute atomic E-state index is 0.178. The van der Waals surface area contributed by atoms with Crippen LogP contribution in [0.2, 0.25) is 0 Å². The predicted octanol–water partition coefficient (Wildman–Crippen LogP) is 13.4. The smallest absolute Gasteiger partial charge is 0.373 e. The molecule has 20 heteroatoms. The molecule has 0 saturated carbocycles. The molecule has 9 rings (SSSR count). The maximum Gasteiger partial charge on any atom is 0.373 e. The first-order valence-corrected chi connectivity index (χ1v) is 27.6. The molecule has 1 unspecified atom stereocenters. The van der Waals surface area contributed by atoms with E-state index < -0.39 is 11.7 Å². The van der Waals surface area contributed by atoms with Gasteiger partial charge in [-0.1, -0.05) is 76.6 Å². The van der Waals surface area contributed by atoms with Gasteiger partial charge in [0.05, 0.1) is 28.6 Å². The van der Waals surface area contributed by atoms with Gasteiger partial charge in [-0.15, -0.1) is 34.0 Å². The highest BCUT2D eigenvalue weighted by Gasteiger charge is 2.30. The number of thiazole rings is 3.